The number of rotatable bonds is 7. The topological polar surface area (TPSA) is 68.7 Å². The van der Waals surface area contributed by atoms with Gasteiger partial charge in [-0.3, -0.25) is 0 Å². The highest BCUT2D eigenvalue weighted by Crippen LogP contribution is 2.14. The summed E-state index contributed by atoms with van der Waals surface area (Å²) in [6, 6.07) is 6.30. The Hall–Kier alpha value is -1.92. The first-order valence-electron chi connectivity index (χ1n) is 6.05. The fourth-order valence-electron chi connectivity index (χ4n) is 1.66. The van der Waals surface area contributed by atoms with E-state index < -0.39 is 5.97 Å². The van der Waals surface area contributed by atoms with E-state index in [9.17, 15) is 4.79 Å². The zero-order chi connectivity index (χ0) is 14.4. The van der Waals surface area contributed by atoms with E-state index in [0.29, 0.717) is 18.8 Å². The van der Waals surface area contributed by atoms with E-state index in [1.54, 1.807) is 36.1 Å². The molecule has 1 atom stereocenters. The number of aromatic nitrogens is 1. The number of carboxylic acid groups (broad SMARTS) is 1. The molecule has 0 saturated heterocycles. The van der Waals surface area contributed by atoms with E-state index in [4.69, 9.17) is 14.6 Å². The third kappa shape index (κ3) is 4.04. The molecule has 5 nitrogen and oxygen atoms in total. The highest BCUT2D eigenvalue weighted by Gasteiger charge is 2.11. The van der Waals surface area contributed by atoms with Gasteiger partial charge in [0.25, 0.3) is 0 Å². The van der Waals surface area contributed by atoms with Crippen LogP contribution in [0.15, 0.2) is 35.2 Å². The lowest BCUT2D eigenvalue weighted by molar-refractivity contribution is 0.0578. The molecule has 2 aromatic rings. The zero-order valence-electron chi connectivity index (χ0n) is 11.0. The smallest absolute Gasteiger partial charge is 0.335 e. The second-order valence-corrected chi connectivity index (χ2v) is 4.90. The number of hydrogen-bond donors (Lipinski definition) is 1. The van der Waals surface area contributed by atoms with Crippen LogP contribution in [0.25, 0.3) is 0 Å². The van der Waals surface area contributed by atoms with E-state index in [-0.39, 0.29) is 11.7 Å². The van der Waals surface area contributed by atoms with Crippen molar-refractivity contribution in [2.75, 3.05) is 13.7 Å². The Morgan fingerprint density at radius 3 is 2.70 bits per heavy atom. The third-order valence-electron chi connectivity index (χ3n) is 2.79. The van der Waals surface area contributed by atoms with Crippen molar-refractivity contribution in [1.82, 2.24) is 4.98 Å². The van der Waals surface area contributed by atoms with Crippen LogP contribution in [0, 0.1) is 0 Å². The second kappa shape index (κ2) is 7.02. The molecule has 0 saturated carbocycles. The maximum atomic E-state index is 10.7. The van der Waals surface area contributed by atoms with Gasteiger partial charge in [0.1, 0.15) is 12.4 Å². The van der Waals surface area contributed by atoms with Crippen molar-refractivity contribution in [1.29, 1.82) is 0 Å². The summed E-state index contributed by atoms with van der Waals surface area (Å²) in [7, 11) is 1.63. The Morgan fingerprint density at radius 1 is 1.40 bits per heavy atom. The summed E-state index contributed by atoms with van der Waals surface area (Å²) in [5.74, 6) is -0.329. The van der Waals surface area contributed by atoms with Crippen molar-refractivity contribution in [2.45, 2.75) is 12.5 Å². The summed E-state index contributed by atoms with van der Waals surface area (Å²) in [4.78, 5) is 14.9. The molecule has 0 aliphatic heterocycles. The molecule has 2 rings (SSSR count). The summed E-state index contributed by atoms with van der Waals surface area (Å²) < 4.78 is 11.0. The van der Waals surface area contributed by atoms with Crippen LogP contribution in [0.1, 0.15) is 16.1 Å². The summed E-state index contributed by atoms with van der Waals surface area (Å²) in [6.45, 7) is 0.389. The Bertz CT molecular complexity index is 539. The van der Waals surface area contributed by atoms with Crippen LogP contribution in [0.4, 0.5) is 0 Å². The van der Waals surface area contributed by atoms with E-state index in [2.05, 4.69) is 4.98 Å². The predicted octanol–water partition coefficient (Wildman–Crippen LogP) is 2.48. The van der Waals surface area contributed by atoms with Gasteiger partial charge in [-0.25, -0.2) is 9.78 Å². The third-order valence-corrected chi connectivity index (χ3v) is 3.43. The summed E-state index contributed by atoms with van der Waals surface area (Å²) >= 11 is 1.55. The van der Waals surface area contributed by atoms with Gasteiger partial charge in [-0.15, -0.1) is 11.3 Å². The molecule has 1 N–H and O–H groups in total. The zero-order valence-corrected chi connectivity index (χ0v) is 11.8. The first-order chi connectivity index (χ1) is 9.69. The summed E-state index contributed by atoms with van der Waals surface area (Å²) in [6.07, 6.45) is 0.601. The highest BCUT2D eigenvalue weighted by molar-refractivity contribution is 7.07. The average molecular weight is 293 g/mol. The fraction of sp³-hybridized carbons (Fsp3) is 0.286. The number of carbonyl (C=O) groups is 1. The van der Waals surface area contributed by atoms with Gasteiger partial charge in [0.2, 0.25) is 0 Å². The number of ether oxygens (including phenoxy) is 2. The van der Waals surface area contributed by atoms with Gasteiger partial charge in [-0.05, 0) is 24.3 Å². The molecular formula is C14H15NO4S. The normalized spacial score (nSPS) is 12.1. The molecule has 6 heteroatoms. The Kier molecular flexibility index (Phi) is 5.09. The number of methoxy groups -OCH3 is 1. The number of carboxylic acids is 1. The van der Waals surface area contributed by atoms with Gasteiger partial charge in [0.05, 0.1) is 22.9 Å². The number of thiazole rings is 1. The molecule has 0 aliphatic carbocycles. The Balaban J connectivity index is 1.87. The maximum absolute atomic E-state index is 10.7. The lowest BCUT2D eigenvalue weighted by Crippen LogP contribution is -2.23. The number of nitrogens with zero attached hydrogens (tertiary/aromatic N) is 1. The van der Waals surface area contributed by atoms with Crippen LogP contribution in [0.3, 0.4) is 0 Å². The van der Waals surface area contributed by atoms with Crippen molar-refractivity contribution in [3.05, 3.63) is 46.4 Å². The monoisotopic (exact) mass is 293 g/mol. The van der Waals surface area contributed by atoms with E-state index in [1.165, 1.54) is 12.1 Å². The molecule has 0 fully saturated rings. The van der Waals surface area contributed by atoms with Crippen LogP contribution < -0.4 is 4.74 Å². The average Bonchev–Trinajstić information content (AvgIpc) is 2.96. The second-order valence-electron chi connectivity index (χ2n) is 4.18. The minimum absolute atomic E-state index is 0.0868. The highest BCUT2D eigenvalue weighted by atomic mass is 32.1. The molecule has 0 bridgehead atoms. The van der Waals surface area contributed by atoms with Gasteiger partial charge in [-0.2, -0.15) is 0 Å². The molecule has 1 aromatic carbocycles. The lowest BCUT2D eigenvalue weighted by Gasteiger charge is -2.15. The predicted molar refractivity (Wildman–Crippen MR) is 75.5 cm³/mol. The molecule has 0 aliphatic rings. The minimum atomic E-state index is -0.949. The van der Waals surface area contributed by atoms with Crippen LogP contribution in [-0.4, -0.2) is 35.9 Å². The molecule has 1 aromatic heterocycles. The molecule has 106 valence electrons. The molecule has 0 amide bonds. The van der Waals surface area contributed by atoms with Crippen LogP contribution >= 0.6 is 11.3 Å². The molecule has 1 heterocycles. The van der Waals surface area contributed by atoms with Crippen molar-refractivity contribution in [2.24, 2.45) is 0 Å². The molecule has 20 heavy (non-hydrogen) atoms. The fourth-order valence-corrected chi connectivity index (χ4v) is 2.24. The van der Waals surface area contributed by atoms with E-state index >= 15 is 0 Å². The number of benzene rings is 1. The first-order valence-corrected chi connectivity index (χ1v) is 6.99. The van der Waals surface area contributed by atoms with Crippen molar-refractivity contribution in [3.8, 4) is 5.75 Å². The van der Waals surface area contributed by atoms with Gasteiger partial charge >= 0.3 is 5.97 Å². The van der Waals surface area contributed by atoms with Gasteiger partial charge in [0, 0.05) is 18.9 Å². The van der Waals surface area contributed by atoms with E-state index in [0.717, 1.165) is 5.69 Å². The van der Waals surface area contributed by atoms with E-state index in [1.807, 2.05) is 5.38 Å². The van der Waals surface area contributed by atoms with Crippen LogP contribution in [0.5, 0.6) is 5.75 Å². The summed E-state index contributed by atoms with van der Waals surface area (Å²) in [5.41, 5.74) is 3.00. The Morgan fingerprint density at radius 2 is 2.15 bits per heavy atom. The van der Waals surface area contributed by atoms with Crippen molar-refractivity contribution in [3.63, 3.8) is 0 Å². The summed E-state index contributed by atoms with van der Waals surface area (Å²) in [5, 5.41) is 10.8. The standard InChI is InChI=1S/C14H15NO4S/c1-18-13(6-11-8-20-9-15-11)7-19-12-4-2-10(3-5-12)14(16)17/h2-5,8-9,13H,6-7H2,1H3,(H,16,17). The number of aromatic carboxylic acids is 1. The van der Waals surface area contributed by atoms with Crippen molar-refractivity contribution >= 4 is 17.3 Å². The van der Waals surface area contributed by atoms with Gasteiger partial charge in [-0.1, -0.05) is 0 Å². The minimum Gasteiger partial charge on any atom is -0.491 e. The van der Waals surface area contributed by atoms with Gasteiger partial charge in [0.15, 0.2) is 0 Å². The maximum Gasteiger partial charge on any atom is 0.335 e. The van der Waals surface area contributed by atoms with Crippen LogP contribution in [-0.2, 0) is 11.2 Å². The number of hydrogen-bond acceptors (Lipinski definition) is 5. The molecule has 0 spiro atoms. The SMILES string of the molecule is COC(COc1ccc(C(=O)O)cc1)Cc1cscn1. The first kappa shape index (κ1) is 14.5. The molecule has 1 unspecified atom stereocenters. The van der Waals surface area contributed by atoms with Gasteiger partial charge < -0.3 is 14.6 Å². The Labute approximate surface area is 120 Å². The lowest BCUT2D eigenvalue weighted by atomic mass is 10.2. The van der Waals surface area contributed by atoms with Crippen molar-refractivity contribution < 1.29 is 19.4 Å². The van der Waals surface area contributed by atoms with Crippen LogP contribution in [0.2, 0.25) is 0 Å². The quantitative estimate of drug-likeness (QED) is 0.849. The molecular weight excluding hydrogens is 278 g/mol. The molecule has 0 radical (unpaired) electrons. The largest absolute Gasteiger partial charge is 0.491 e.